The maximum Gasteiger partial charge on any atom is 0.255 e. The van der Waals surface area contributed by atoms with Crippen molar-refractivity contribution in [3.8, 4) is 0 Å². The summed E-state index contributed by atoms with van der Waals surface area (Å²) >= 11 is 0. The summed E-state index contributed by atoms with van der Waals surface area (Å²) in [6.07, 6.45) is 4.10. The minimum atomic E-state index is -0.112. The molecule has 1 aliphatic rings. The van der Waals surface area contributed by atoms with Gasteiger partial charge in [-0.2, -0.15) is 0 Å². The van der Waals surface area contributed by atoms with Crippen LogP contribution >= 0.6 is 0 Å². The summed E-state index contributed by atoms with van der Waals surface area (Å²) in [6.45, 7) is 4.01. The number of hydrogen-bond acceptors (Lipinski definition) is 3. The first-order valence-corrected chi connectivity index (χ1v) is 7.15. The maximum atomic E-state index is 12.5. The Morgan fingerprint density at radius 3 is 3.05 bits per heavy atom. The van der Waals surface area contributed by atoms with E-state index in [9.17, 15) is 4.79 Å². The van der Waals surface area contributed by atoms with E-state index in [1.54, 1.807) is 7.11 Å². The molecule has 1 saturated carbocycles. The van der Waals surface area contributed by atoms with Gasteiger partial charge >= 0.3 is 0 Å². The third-order valence-corrected chi connectivity index (χ3v) is 4.09. The van der Waals surface area contributed by atoms with Crippen molar-refractivity contribution in [2.45, 2.75) is 31.4 Å². The van der Waals surface area contributed by atoms with Gasteiger partial charge in [0.05, 0.1) is 17.7 Å². The number of hydrogen-bond donors (Lipinski definition) is 1. The van der Waals surface area contributed by atoms with Gasteiger partial charge in [-0.1, -0.05) is 30.4 Å². The van der Waals surface area contributed by atoms with Crippen LogP contribution in [0.15, 0.2) is 47.1 Å². The Balaban J connectivity index is 1.78. The molecule has 1 heterocycles. The van der Waals surface area contributed by atoms with Crippen LogP contribution in [-0.2, 0) is 4.74 Å². The molecule has 4 heteroatoms. The van der Waals surface area contributed by atoms with Crippen molar-refractivity contribution in [1.29, 1.82) is 0 Å². The van der Waals surface area contributed by atoms with Crippen molar-refractivity contribution in [3.63, 3.8) is 0 Å². The molecule has 2 aromatic rings. The highest BCUT2D eigenvalue weighted by Crippen LogP contribution is 2.26. The Labute approximate surface area is 123 Å². The number of rotatable bonds is 3. The van der Waals surface area contributed by atoms with Gasteiger partial charge in [0.15, 0.2) is 0 Å². The average molecular weight is 285 g/mol. The molecule has 1 aromatic heterocycles. The molecule has 0 saturated heterocycles. The number of methoxy groups -OCH3 is 1. The van der Waals surface area contributed by atoms with Gasteiger partial charge in [-0.15, -0.1) is 0 Å². The van der Waals surface area contributed by atoms with E-state index in [1.807, 2.05) is 24.3 Å². The van der Waals surface area contributed by atoms with E-state index in [0.717, 1.165) is 30.2 Å². The molecule has 0 aliphatic heterocycles. The van der Waals surface area contributed by atoms with Crippen LogP contribution in [0.2, 0.25) is 0 Å². The first-order chi connectivity index (χ1) is 10.2. The number of carbonyl (C=O) groups excluding carboxylic acids is 1. The lowest BCUT2D eigenvalue weighted by molar-refractivity contribution is 0.0508. The molecule has 110 valence electrons. The standard InChI is InChI=1S/C17H19NO3/c1-11-7-8-14(16(9-11)20-2)18-17(19)13-10-21-15-6-4-3-5-12(13)15/h3-6,10,14,16H,1,7-9H2,2H3,(H,18,19). The van der Waals surface area contributed by atoms with Crippen LogP contribution in [-0.4, -0.2) is 25.2 Å². The summed E-state index contributed by atoms with van der Waals surface area (Å²) < 4.78 is 10.9. The van der Waals surface area contributed by atoms with Crippen molar-refractivity contribution >= 4 is 16.9 Å². The van der Waals surface area contributed by atoms with Gasteiger partial charge < -0.3 is 14.5 Å². The van der Waals surface area contributed by atoms with Gasteiger partial charge in [0.1, 0.15) is 11.8 Å². The van der Waals surface area contributed by atoms with Gasteiger partial charge in [-0.3, -0.25) is 4.79 Å². The second kappa shape index (κ2) is 5.74. The summed E-state index contributed by atoms with van der Waals surface area (Å²) in [7, 11) is 1.68. The summed E-state index contributed by atoms with van der Waals surface area (Å²) in [5.74, 6) is -0.112. The number of carbonyl (C=O) groups is 1. The highest BCUT2D eigenvalue weighted by atomic mass is 16.5. The number of fused-ring (bicyclic) bond motifs is 1. The normalized spacial score (nSPS) is 22.4. The molecule has 1 fully saturated rings. The first-order valence-electron chi connectivity index (χ1n) is 7.15. The fourth-order valence-electron chi connectivity index (χ4n) is 2.89. The second-order valence-corrected chi connectivity index (χ2v) is 5.49. The summed E-state index contributed by atoms with van der Waals surface area (Å²) in [4.78, 5) is 12.5. The van der Waals surface area contributed by atoms with Crippen LogP contribution in [0.1, 0.15) is 29.6 Å². The van der Waals surface area contributed by atoms with Crippen LogP contribution in [0.3, 0.4) is 0 Å². The maximum absolute atomic E-state index is 12.5. The lowest BCUT2D eigenvalue weighted by Gasteiger charge is -2.32. The van der Waals surface area contributed by atoms with E-state index in [0.29, 0.717) is 5.56 Å². The highest BCUT2D eigenvalue weighted by Gasteiger charge is 2.28. The largest absolute Gasteiger partial charge is 0.463 e. The molecule has 4 nitrogen and oxygen atoms in total. The van der Waals surface area contributed by atoms with Gasteiger partial charge in [-0.25, -0.2) is 0 Å². The van der Waals surface area contributed by atoms with Crippen molar-refractivity contribution in [1.82, 2.24) is 5.32 Å². The highest BCUT2D eigenvalue weighted by molar-refractivity contribution is 6.06. The topological polar surface area (TPSA) is 51.5 Å². The van der Waals surface area contributed by atoms with Crippen LogP contribution in [0.4, 0.5) is 0 Å². The Kier molecular flexibility index (Phi) is 3.80. The Morgan fingerprint density at radius 2 is 2.24 bits per heavy atom. The van der Waals surface area contributed by atoms with Crippen molar-refractivity contribution in [3.05, 3.63) is 48.2 Å². The van der Waals surface area contributed by atoms with Gasteiger partial charge in [0.25, 0.3) is 5.91 Å². The van der Waals surface area contributed by atoms with Crippen LogP contribution in [0, 0.1) is 0 Å². The first kappa shape index (κ1) is 13.9. The molecule has 0 spiro atoms. The quantitative estimate of drug-likeness (QED) is 0.880. The number of ether oxygens (including phenoxy) is 1. The Bertz CT molecular complexity index is 673. The fourth-order valence-corrected chi connectivity index (χ4v) is 2.89. The summed E-state index contributed by atoms with van der Waals surface area (Å²) in [5, 5.41) is 3.91. The predicted molar refractivity (Wildman–Crippen MR) is 81.3 cm³/mol. The van der Waals surface area contributed by atoms with E-state index in [2.05, 4.69) is 11.9 Å². The summed E-state index contributed by atoms with van der Waals surface area (Å²) in [6, 6.07) is 7.55. The molecule has 0 bridgehead atoms. The molecule has 0 radical (unpaired) electrons. The monoisotopic (exact) mass is 285 g/mol. The fraction of sp³-hybridized carbons (Fsp3) is 0.353. The SMILES string of the molecule is C=C1CCC(NC(=O)c2coc3ccccc23)C(OC)C1. The minimum absolute atomic E-state index is 0.00614. The smallest absolute Gasteiger partial charge is 0.255 e. The Morgan fingerprint density at radius 1 is 1.43 bits per heavy atom. The van der Waals surface area contributed by atoms with Crippen LogP contribution in [0.5, 0.6) is 0 Å². The van der Waals surface area contributed by atoms with E-state index in [4.69, 9.17) is 9.15 Å². The van der Waals surface area contributed by atoms with E-state index >= 15 is 0 Å². The molecule has 21 heavy (non-hydrogen) atoms. The molecule has 1 aromatic carbocycles. The molecule has 1 aliphatic carbocycles. The number of nitrogens with one attached hydrogen (secondary N) is 1. The molecule has 2 unspecified atom stereocenters. The third kappa shape index (κ3) is 2.72. The van der Waals surface area contributed by atoms with E-state index in [1.165, 1.54) is 11.8 Å². The third-order valence-electron chi connectivity index (χ3n) is 4.09. The van der Waals surface area contributed by atoms with Gasteiger partial charge in [0.2, 0.25) is 0 Å². The minimum Gasteiger partial charge on any atom is -0.463 e. The molecule has 2 atom stereocenters. The van der Waals surface area contributed by atoms with Crippen LogP contribution in [0.25, 0.3) is 11.0 Å². The summed E-state index contributed by atoms with van der Waals surface area (Å²) in [5.41, 5.74) is 2.48. The predicted octanol–water partition coefficient (Wildman–Crippen LogP) is 3.29. The van der Waals surface area contributed by atoms with Crippen molar-refractivity contribution < 1.29 is 13.9 Å². The number of para-hydroxylation sites is 1. The zero-order valence-corrected chi connectivity index (χ0v) is 12.1. The lowest BCUT2D eigenvalue weighted by Crippen LogP contribution is -2.46. The van der Waals surface area contributed by atoms with Gasteiger partial charge in [-0.05, 0) is 25.3 Å². The molecule has 1 N–H and O–H groups in total. The van der Waals surface area contributed by atoms with Crippen LogP contribution < -0.4 is 5.32 Å². The van der Waals surface area contributed by atoms with Gasteiger partial charge in [0, 0.05) is 12.5 Å². The molecule has 1 amide bonds. The zero-order chi connectivity index (χ0) is 14.8. The number of benzene rings is 1. The number of furan rings is 1. The van der Waals surface area contributed by atoms with Crippen molar-refractivity contribution in [2.24, 2.45) is 0 Å². The van der Waals surface area contributed by atoms with E-state index < -0.39 is 0 Å². The van der Waals surface area contributed by atoms with E-state index in [-0.39, 0.29) is 18.1 Å². The molecular weight excluding hydrogens is 266 g/mol. The van der Waals surface area contributed by atoms with Crippen molar-refractivity contribution in [2.75, 3.05) is 7.11 Å². The lowest BCUT2D eigenvalue weighted by atomic mass is 9.89. The Hall–Kier alpha value is -2.07. The molecular formula is C17H19NO3. The number of amides is 1. The second-order valence-electron chi connectivity index (χ2n) is 5.49. The molecule has 3 rings (SSSR count). The zero-order valence-electron chi connectivity index (χ0n) is 12.1. The average Bonchev–Trinajstić information content (AvgIpc) is 2.93.